The van der Waals surface area contributed by atoms with Crippen LogP contribution in [-0.4, -0.2) is 15.5 Å². The molecule has 0 aromatic carbocycles. The van der Waals surface area contributed by atoms with Crippen LogP contribution in [0.15, 0.2) is 12.4 Å². The molecule has 5 heteroatoms. The Morgan fingerprint density at radius 3 is 3.00 bits per heavy atom. The number of carbonyl (C=O) groups excluding carboxylic acids is 1. The van der Waals surface area contributed by atoms with Crippen molar-refractivity contribution in [2.75, 3.05) is 0 Å². The van der Waals surface area contributed by atoms with Crippen molar-refractivity contribution in [1.29, 1.82) is 0 Å². The molecule has 0 aliphatic rings. The first-order chi connectivity index (χ1) is 6.15. The van der Waals surface area contributed by atoms with Crippen molar-refractivity contribution in [2.45, 2.75) is 26.3 Å². The molecule has 0 bridgehead atoms. The summed E-state index contributed by atoms with van der Waals surface area (Å²) >= 11 is 0. The van der Waals surface area contributed by atoms with Gasteiger partial charge < -0.3 is 4.57 Å². The summed E-state index contributed by atoms with van der Waals surface area (Å²) in [5.74, 6) is 5.96. The molecule has 5 nitrogen and oxygen atoms in total. The molecule has 0 saturated heterocycles. The molecule has 0 fully saturated rings. The summed E-state index contributed by atoms with van der Waals surface area (Å²) in [6.45, 7) is 4.28. The van der Waals surface area contributed by atoms with Crippen LogP contribution in [-0.2, 0) is 11.3 Å². The fraction of sp³-hybridized carbons (Fsp3) is 0.500. The van der Waals surface area contributed by atoms with E-state index < -0.39 is 0 Å². The Labute approximate surface area is 76.9 Å². The molecule has 1 aromatic heterocycles. The van der Waals surface area contributed by atoms with Crippen LogP contribution in [0.5, 0.6) is 0 Å². The maximum Gasteiger partial charge on any atom is 0.253 e. The largest absolute Gasteiger partial charge is 0.325 e. The summed E-state index contributed by atoms with van der Waals surface area (Å²) in [5.41, 5.74) is 2.08. The highest BCUT2D eigenvalue weighted by Gasteiger charge is 2.08. The number of nitrogens with one attached hydrogen (secondary N) is 1. The lowest BCUT2D eigenvalue weighted by Crippen LogP contribution is -2.33. The Kier molecular flexibility index (Phi) is 3.02. The van der Waals surface area contributed by atoms with Gasteiger partial charge in [-0.3, -0.25) is 10.2 Å². The van der Waals surface area contributed by atoms with E-state index >= 15 is 0 Å². The van der Waals surface area contributed by atoms with Gasteiger partial charge in [0, 0.05) is 18.3 Å². The summed E-state index contributed by atoms with van der Waals surface area (Å²) < 4.78 is 1.78. The fourth-order valence-electron chi connectivity index (χ4n) is 1.16. The molecule has 0 unspecified atom stereocenters. The summed E-state index contributed by atoms with van der Waals surface area (Å²) in [6.07, 6.45) is 3.45. The summed E-state index contributed by atoms with van der Waals surface area (Å²) in [5, 5.41) is 0. The zero-order valence-corrected chi connectivity index (χ0v) is 7.82. The zero-order valence-electron chi connectivity index (χ0n) is 7.82. The zero-order chi connectivity index (χ0) is 9.84. The smallest absolute Gasteiger partial charge is 0.253 e. The van der Waals surface area contributed by atoms with Crippen LogP contribution in [0.1, 0.15) is 25.6 Å². The molecule has 0 atom stereocenters. The van der Waals surface area contributed by atoms with E-state index in [0.717, 1.165) is 5.82 Å². The third kappa shape index (κ3) is 2.29. The van der Waals surface area contributed by atoms with E-state index in [0.29, 0.717) is 5.92 Å². The molecule has 0 aliphatic carbocycles. The molecule has 3 N–H and O–H groups in total. The van der Waals surface area contributed by atoms with Gasteiger partial charge in [-0.15, -0.1) is 0 Å². The SMILES string of the molecule is CC(C)c1nccn1CC(=O)NN. The average molecular weight is 182 g/mol. The van der Waals surface area contributed by atoms with Crippen molar-refractivity contribution in [3.63, 3.8) is 0 Å². The van der Waals surface area contributed by atoms with Gasteiger partial charge in [-0.05, 0) is 0 Å². The third-order valence-corrected chi connectivity index (χ3v) is 1.74. The molecular formula is C8H14N4O. The van der Waals surface area contributed by atoms with Crippen LogP contribution >= 0.6 is 0 Å². The van der Waals surface area contributed by atoms with E-state index in [1.165, 1.54) is 0 Å². The number of hydrazine groups is 1. The first-order valence-electron chi connectivity index (χ1n) is 4.15. The van der Waals surface area contributed by atoms with Crippen LogP contribution in [0.3, 0.4) is 0 Å². The molecule has 72 valence electrons. The molecular weight excluding hydrogens is 168 g/mol. The van der Waals surface area contributed by atoms with Crippen LogP contribution in [0.2, 0.25) is 0 Å². The van der Waals surface area contributed by atoms with Crippen LogP contribution < -0.4 is 11.3 Å². The molecule has 0 spiro atoms. The van der Waals surface area contributed by atoms with E-state index in [4.69, 9.17) is 5.84 Å². The van der Waals surface area contributed by atoms with Gasteiger partial charge >= 0.3 is 0 Å². The number of imidazole rings is 1. The van der Waals surface area contributed by atoms with Crippen molar-refractivity contribution < 1.29 is 4.79 Å². The fourth-order valence-corrected chi connectivity index (χ4v) is 1.16. The molecule has 0 aliphatic heterocycles. The number of rotatable bonds is 3. The molecule has 0 radical (unpaired) electrons. The van der Waals surface area contributed by atoms with E-state index in [1.807, 2.05) is 13.8 Å². The molecule has 13 heavy (non-hydrogen) atoms. The minimum Gasteiger partial charge on any atom is -0.325 e. The predicted octanol–water partition coefficient (Wildman–Crippen LogP) is -0.00360. The second-order valence-corrected chi connectivity index (χ2v) is 3.14. The van der Waals surface area contributed by atoms with Crippen molar-refractivity contribution in [3.8, 4) is 0 Å². The van der Waals surface area contributed by atoms with Crippen LogP contribution in [0, 0.1) is 0 Å². The average Bonchev–Trinajstić information content (AvgIpc) is 2.52. The third-order valence-electron chi connectivity index (χ3n) is 1.74. The Bertz CT molecular complexity index is 292. The van der Waals surface area contributed by atoms with E-state index in [1.54, 1.807) is 17.0 Å². The lowest BCUT2D eigenvalue weighted by molar-refractivity contribution is -0.121. The van der Waals surface area contributed by atoms with Gasteiger partial charge in [-0.2, -0.15) is 0 Å². The van der Waals surface area contributed by atoms with E-state index in [9.17, 15) is 4.79 Å². The van der Waals surface area contributed by atoms with Gasteiger partial charge in [0.1, 0.15) is 12.4 Å². The van der Waals surface area contributed by atoms with Crippen LogP contribution in [0.4, 0.5) is 0 Å². The maximum absolute atomic E-state index is 11.0. The quantitative estimate of drug-likeness (QED) is 0.392. The number of carbonyl (C=O) groups is 1. The van der Waals surface area contributed by atoms with E-state index in [2.05, 4.69) is 10.4 Å². The molecule has 0 saturated carbocycles. The van der Waals surface area contributed by atoms with Crippen LogP contribution in [0.25, 0.3) is 0 Å². The first kappa shape index (κ1) is 9.73. The Morgan fingerprint density at radius 2 is 2.46 bits per heavy atom. The van der Waals surface area contributed by atoms with E-state index in [-0.39, 0.29) is 12.5 Å². The van der Waals surface area contributed by atoms with Crippen molar-refractivity contribution in [2.24, 2.45) is 5.84 Å². The van der Waals surface area contributed by atoms with Crippen molar-refractivity contribution >= 4 is 5.91 Å². The number of hydrogen-bond acceptors (Lipinski definition) is 3. The maximum atomic E-state index is 11.0. The normalized spacial score (nSPS) is 10.5. The number of nitrogens with zero attached hydrogens (tertiary/aromatic N) is 2. The predicted molar refractivity (Wildman–Crippen MR) is 48.6 cm³/mol. The minimum atomic E-state index is -0.222. The number of aromatic nitrogens is 2. The molecule has 1 heterocycles. The molecule has 1 amide bonds. The Hall–Kier alpha value is -1.36. The standard InChI is InChI=1S/C8H14N4O/c1-6(2)8-10-3-4-12(8)5-7(13)11-9/h3-4,6H,5,9H2,1-2H3,(H,11,13). The number of nitrogens with two attached hydrogens (primary N) is 1. The molecule has 1 aromatic rings. The highest BCUT2D eigenvalue weighted by Crippen LogP contribution is 2.10. The van der Waals surface area contributed by atoms with Gasteiger partial charge in [0.15, 0.2) is 0 Å². The Morgan fingerprint density at radius 1 is 1.77 bits per heavy atom. The second-order valence-electron chi connectivity index (χ2n) is 3.14. The lowest BCUT2D eigenvalue weighted by atomic mass is 10.2. The lowest BCUT2D eigenvalue weighted by Gasteiger charge is -2.08. The highest BCUT2D eigenvalue weighted by atomic mass is 16.2. The second kappa shape index (κ2) is 4.04. The summed E-state index contributed by atoms with van der Waals surface area (Å²) in [4.78, 5) is 15.1. The van der Waals surface area contributed by atoms with Crippen molar-refractivity contribution in [1.82, 2.24) is 15.0 Å². The first-order valence-corrected chi connectivity index (χ1v) is 4.15. The van der Waals surface area contributed by atoms with Gasteiger partial charge in [0.2, 0.25) is 0 Å². The Balaban J connectivity index is 2.76. The summed E-state index contributed by atoms with van der Waals surface area (Å²) in [7, 11) is 0. The highest BCUT2D eigenvalue weighted by molar-refractivity contribution is 5.75. The van der Waals surface area contributed by atoms with Gasteiger partial charge in [-0.25, -0.2) is 10.8 Å². The van der Waals surface area contributed by atoms with Gasteiger partial charge in [0.05, 0.1) is 0 Å². The number of amides is 1. The molecule has 1 rings (SSSR count). The monoisotopic (exact) mass is 182 g/mol. The topological polar surface area (TPSA) is 72.9 Å². The van der Waals surface area contributed by atoms with Crippen molar-refractivity contribution in [3.05, 3.63) is 18.2 Å². The summed E-state index contributed by atoms with van der Waals surface area (Å²) in [6, 6.07) is 0. The van der Waals surface area contributed by atoms with Gasteiger partial charge in [0.25, 0.3) is 5.91 Å². The minimum absolute atomic E-state index is 0.222. The number of hydrogen-bond donors (Lipinski definition) is 2. The van der Waals surface area contributed by atoms with Gasteiger partial charge in [-0.1, -0.05) is 13.8 Å².